The Kier molecular flexibility index (Phi) is 4.12. The highest BCUT2D eigenvalue weighted by Crippen LogP contribution is 2.28. The molecule has 1 aromatic heterocycles. The second-order valence-corrected chi connectivity index (χ2v) is 5.36. The second-order valence-electron chi connectivity index (χ2n) is 3.59. The van der Waals surface area contributed by atoms with Crippen LogP contribution in [0, 0.1) is 5.82 Å². The lowest BCUT2D eigenvalue weighted by Gasteiger charge is -2.00. The molecule has 1 N–H and O–H groups in total. The van der Waals surface area contributed by atoms with Gasteiger partial charge in [-0.1, -0.05) is 22.9 Å². The van der Waals surface area contributed by atoms with Crippen molar-refractivity contribution in [2.45, 2.75) is 13.3 Å². The number of thiazole rings is 1. The molecule has 0 amide bonds. The summed E-state index contributed by atoms with van der Waals surface area (Å²) >= 11 is 4.73. The number of rotatable bonds is 4. The summed E-state index contributed by atoms with van der Waals surface area (Å²) in [7, 11) is 0. The van der Waals surface area contributed by atoms with Gasteiger partial charge >= 0.3 is 0 Å². The summed E-state index contributed by atoms with van der Waals surface area (Å²) < 4.78 is 14.4. The lowest BCUT2D eigenvalue weighted by molar-refractivity contribution is 0.630. The predicted octanol–water partition coefficient (Wildman–Crippen LogP) is 4.53. The number of anilines is 1. The largest absolute Gasteiger partial charge is 0.362 e. The molecule has 17 heavy (non-hydrogen) atoms. The van der Waals surface area contributed by atoms with Gasteiger partial charge in [0.2, 0.25) is 0 Å². The summed E-state index contributed by atoms with van der Waals surface area (Å²) in [5.41, 5.74) is 1.22. The van der Waals surface area contributed by atoms with Crippen LogP contribution in [0.4, 0.5) is 9.52 Å². The van der Waals surface area contributed by atoms with Crippen LogP contribution < -0.4 is 5.32 Å². The van der Waals surface area contributed by atoms with E-state index in [1.54, 1.807) is 6.07 Å². The Labute approximate surface area is 112 Å². The van der Waals surface area contributed by atoms with E-state index >= 15 is 0 Å². The summed E-state index contributed by atoms with van der Waals surface area (Å²) in [5.74, 6) is -0.258. The predicted molar refractivity (Wildman–Crippen MR) is 74.0 cm³/mol. The fourth-order valence-electron chi connectivity index (χ4n) is 1.41. The van der Waals surface area contributed by atoms with Crippen LogP contribution in [0.1, 0.15) is 13.3 Å². The highest BCUT2D eigenvalue weighted by atomic mass is 79.9. The molecule has 0 aliphatic rings. The molecule has 1 heterocycles. The maximum atomic E-state index is 13.7. The van der Waals surface area contributed by atoms with Gasteiger partial charge in [-0.2, -0.15) is 0 Å². The minimum Gasteiger partial charge on any atom is -0.362 e. The molecule has 0 radical (unpaired) electrons. The van der Waals surface area contributed by atoms with Gasteiger partial charge in [-0.15, -0.1) is 11.3 Å². The maximum absolute atomic E-state index is 13.7. The minimum atomic E-state index is -0.258. The van der Waals surface area contributed by atoms with Crippen LogP contribution >= 0.6 is 27.3 Å². The average Bonchev–Trinajstić information content (AvgIpc) is 2.75. The normalized spacial score (nSPS) is 10.5. The molecule has 1 aromatic carbocycles. The minimum absolute atomic E-state index is 0.258. The topological polar surface area (TPSA) is 24.9 Å². The van der Waals surface area contributed by atoms with Crippen LogP contribution in [0.2, 0.25) is 0 Å². The number of hydrogen-bond acceptors (Lipinski definition) is 3. The fraction of sp³-hybridized carbons (Fsp3) is 0.250. The molecular weight excluding hydrogens is 303 g/mol. The zero-order valence-corrected chi connectivity index (χ0v) is 11.7. The lowest BCUT2D eigenvalue weighted by Crippen LogP contribution is -1.98. The Bertz CT molecular complexity index is 513. The monoisotopic (exact) mass is 314 g/mol. The van der Waals surface area contributed by atoms with Gasteiger partial charge in [0.25, 0.3) is 0 Å². The standard InChI is InChI=1S/C12H12BrFN2S/c1-2-5-15-12-16-11(7-17-12)9-4-3-8(13)6-10(9)14/h3-4,6-7H,2,5H2,1H3,(H,15,16). The van der Waals surface area contributed by atoms with Crippen LogP contribution in [-0.4, -0.2) is 11.5 Å². The van der Waals surface area contributed by atoms with Crippen LogP contribution in [0.3, 0.4) is 0 Å². The molecule has 90 valence electrons. The SMILES string of the molecule is CCCNc1nc(-c2ccc(Br)cc2F)cs1. The third kappa shape index (κ3) is 3.04. The number of hydrogen-bond donors (Lipinski definition) is 1. The van der Waals surface area contributed by atoms with Gasteiger partial charge in [0.05, 0.1) is 5.69 Å². The molecule has 0 bridgehead atoms. The van der Waals surface area contributed by atoms with Crippen molar-refractivity contribution in [2.75, 3.05) is 11.9 Å². The van der Waals surface area contributed by atoms with Gasteiger partial charge in [0.1, 0.15) is 5.82 Å². The molecule has 0 aliphatic carbocycles. The number of nitrogens with zero attached hydrogens (tertiary/aromatic N) is 1. The summed E-state index contributed by atoms with van der Waals surface area (Å²) in [5, 5.41) is 5.89. The van der Waals surface area contributed by atoms with E-state index in [0.29, 0.717) is 11.3 Å². The summed E-state index contributed by atoms with van der Waals surface area (Å²) in [6.45, 7) is 2.98. The Morgan fingerprint density at radius 1 is 1.47 bits per heavy atom. The third-order valence-electron chi connectivity index (χ3n) is 2.24. The molecule has 2 nitrogen and oxygen atoms in total. The van der Waals surface area contributed by atoms with Crippen molar-refractivity contribution in [3.8, 4) is 11.3 Å². The van der Waals surface area contributed by atoms with Gasteiger partial charge in [-0.3, -0.25) is 0 Å². The quantitative estimate of drug-likeness (QED) is 0.896. The van der Waals surface area contributed by atoms with Gasteiger partial charge in [0.15, 0.2) is 5.13 Å². The number of benzene rings is 1. The van der Waals surface area contributed by atoms with Crippen LogP contribution in [0.25, 0.3) is 11.3 Å². The molecule has 0 spiro atoms. The molecule has 2 aromatic rings. The molecule has 0 saturated carbocycles. The Morgan fingerprint density at radius 3 is 3.00 bits per heavy atom. The first-order valence-electron chi connectivity index (χ1n) is 5.35. The molecule has 0 fully saturated rings. The van der Waals surface area contributed by atoms with E-state index in [-0.39, 0.29) is 5.82 Å². The van der Waals surface area contributed by atoms with Gasteiger partial charge < -0.3 is 5.32 Å². The molecule has 2 rings (SSSR count). The molecule has 5 heteroatoms. The highest BCUT2D eigenvalue weighted by molar-refractivity contribution is 9.10. The molecule has 0 atom stereocenters. The second kappa shape index (κ2) is 5.60. The zero-order chi connectivity index (χ0) is 12.3. The third-order valence-corrected chi connectivity index (χ3v) is 3.53. The molecule has 0 unspecified atom stereocenters. The van der Waals surface area contributed by atoms with Crippen molar-refractivity contribution in [1.82, 2.24) is 4.98 Å². The average molecular weight is 315 g/mol. The lowest BCUT2D eigenvalue weighted by atomic mass is 10.2. The highest BCUT2D eigenvalue weighted by Gasteiger charge is 2.09. The van der Waals surface area contributed by atoms with Gasteiger partial charge in [-0.05, 0) is 24.6 Å². The van der Waals surface area contributed by atoms with E-state index in [0.717, 1.165) is 22.6 Å². The van der Waals surface area contributed by atoms with Crippen molar-refractivity contribution >= 4 is 32.4 Å². The first-order chi connectivity index (χ1) is 8.20. The maximum Gasteiger partial charge on any atom is 0.183 e. The first-order valence-corrected chi connectivity index (χ1v) is 7.03. The van der Waals surface area contributed by atoms with E-state index in [2.05, 4.69) is 33.2 Å². The number of aromatic nitrogens is 1. The number of halogens is 2. The first kappa shape index (κ1) is 12.5. The van der Waals surface area contributed by atoms with E-state index in [9.17, 15) is 4.39 Å². The number of nitrogens with one attached hydrogen (secondary N) is 1. The summed E-state index contributed by atoms with van der Waals surface area (Å²) in [4.78, 5) is 4.36. The van der Waals surface area contributed by atoms with E-state index in [4.69, 9.17) is 0 Å². The Morgan fingerprint density at radius 2 is 2.29 bits per heavy atom. The van der Waals surface area contributed by atoms with Crippen molar-refractivity contribution in [1.29, 1.82) is 0 Å². The van der Waals surface area contributed by atoms with Gasteiger partial charge in [-0.25, -0.2) is 9.37 Å². The zero-order valence-electron chi connectivity index (χ0n) is 9.34. The summed E-state index contributed by atoms with van der Waals surface area (Å²) in [6, 6.07) is 5.00. The van der Waals surface area contributed by atoms with E-state index in [1.807, 2.05) is 11.4 Å². The molecular formula is C12H12BrFN2S. The van der Waals surface area contributed by atoms with Gasteiger partial charge in [0, 0.05) is 22.0 Å². The van der Waals surface area contributed by atoms with E-state index in [1.165, 1.54) is 17.4 Å². The molecule has 0 saturated heterocycles. The molecule has 0 aliphatic heterocycles. The fourth-order valence-corrected chi connectivity index (χ4v) is 2.48. The van der Waals surface area contributed by atoms with Crippen molar-refractivity contribution < 1.29 is 4.39 Å². The van der Waals surface area contributed by atoms with Crippen molar-refractivity contribution in [3.05, 3.63) is 33.9 Å². The van der Waals surface area contributed by atoms with Crippen molar-refractivity contribution in [2.24, 2.45) is 0 Å². The van der Waals surface area contributed by atoms with E-state index < -0.39 is 0 Å². The van der Waals surface area contributed by atoms with Crippen LogP contribution in [0.15, 0.2) is 28.1 Å². The smallest absolute Gasteiger partial charge is 0.183 e. The van der Waals surface area contributed by atoms with Crippen LogP contribution in [0.5, 0.6) is 0 Å². The van der Waals surface area contributed by atoms with Crippen molar-refractivity contribution in [3.63, 3.8) is 0 Å². The Balaban J connectivity index is 2.24. The van der Waals surface area contributed by atoms with Crippen LogP contribution in [-0.2, 0) is 0 Å². The Hall–Kier alpha value is -0.940. The summed E-state index contributed by atoms with van der Waals surface area (Å²) in [6.07, 6.45) is 1.04.